The molecule has 0 saturated heterocycles. The van der Waals surface area contributed by atoms with Crippen LogP contribution in [0, 0.1) is 11.8 Å². The van der Waals surface area contributed by atoms with Crippen LogP contribution >= 0.6 is 15.9 Å². The number of fused-ring (bicyclic) bond motifs is 1. The molecule has 5 heteroatoms. The Labute approximate surface area is 98.4 Å². The second-order valence-electron chi connectivity index (χ2n) is 3.00. The maximum atomic E-state index is 11.4. The van der Waals surface area contributed by atoms with Crippen LogP contribution in [0.1, 0.15) is 5.56 Å². The van der Waals surface area contributed by atoms with E-state index in [0.717, 1.165) is 0 Å². The molecule has 16 heavy (non-hydrogen) atoms. The number of alkyl halides is 1. The van der Waals surface area contributed by atoms with Crippen LogP contribution in [0.3, 0.4) is 0 Å². The van der Waals surface area contributed by atoms with Crippen LogP contribution in [0.15, 0.2) is 32.2 Å². The summed E-state index contributed by atoms with van der Waals surface area (Å²) in [6.07, 6.45) is 0. The Bertz CT molecular complexity index is 703. The number of hydrogen-bond acceptors (Lipinski definition) is 3. The topological polar surface area (TPSA) is 63.1 Å². The first-order chi connectivity index (χ1) is 7.70. The summed E-state index contributed by atoms with van der Waals surface area (Å²) >= 11 is 3.18. The fraction of sp³-hybridized carbons (Fsp3) is 0.0909. The Kier molecular flexibility index (Phi) is 2.93. The lowest BCUT2D eigenvalue weighted by Crippen LogP contribution is -2.14. The number of hydrogen-bond donors (Lipinski definition) is 1. The first kappa shape index (κ1) is 10.7. The predicted molar refractivity (Wildman–Crippen MR) is 63.8 cm³/mol. The summed E-state index contributed by atoms with van der Waals surface area (Å²) in [5.74, 6) is 4.93. The third-order valence-electron chi connectivity index (χ3n) is 1.96. The van der Waals surface area contributed by atoms with Gasteiger partial charge in [-0.3, -0.25) is 4.98 Å². The number of halogens is 1. The number of nitrogens with one attached hydrogen (secondary N) is 1. The highest BCUT2D eigenvalue weighted by molar-refractivity contribution is 9.09. The summed E-state index contributed by atoms with van der Waals surface area (Å²) in [6, 6.07) is 4.95. The Balaban J connectivity index is 2.71. The second-order valence-corrected chi connectivity index (χ2v) is 3.56. The minimum atomic E-state index is -0.753. The van der Waals surface area contributed by atoms with Gasteiger partial charge in [0.15, 0.2) is 0 Å². The maximum absolute atomic E-state index is 11.4. The van der Waals surface area contributed by atoms with Crippen LogP contribution in [0.5, 0.6) is 0 Å². The molecule has 0 fully saturated rings. The van der Waals surface area contributed by atoms with Gasteiger partial charge >= 0.3 is 11.4 Å². The Morgan fingerprint density at radius 1 is 1.38 bits per heavy atom. The molecule has 0 saturated carbocycles. The lowest BCUT2D eigenvalue weighted by atomic mass is 10.1. The van der Waals surface area contributed by atoms with Crippen LogP contribution < -0.4 is 11.4 Å². The van der Waals surface area contributed by atoms with E-state index in [1.165, 1.54) is 0 Å². The zero-order chi connectivity index (χ0) is 11.5. The van der Waals surface area contributed by atoms with Crippen LogP contribution in [0.4, 0.5) is 0 Å². The SMILES string of the molecule is O=c1[nH]c2ccc(C#CCBr)cc2c(=O)o1. The minimum Gasteiger partial charge on any atom is -0.372 e. The molecule has 2 rings (SSSR count). The molecule has 0 radical (unpaired) electrons. The minimum absolute atomic E-state index is 0.320. The van der Waals surface area contributed by atoms with Crippen LogP contribution in [0.25, 0.3) is 10.9 Å². The number of aromatic amines is 1. The molecule has 1 N–H and O–H groups in total. The fourth-order valence-electron chi connectivity index (χ4n) is 1.31. The quantitative estimate of drug-likeness (QED) is 0.583. The normalized spacial score (nSPS) is 9.81. The molecular formula is C11H6BrNO3. The standard InChI is InChI=1S/C11H6BrNO3/c12-5-1-2-7-3-4-9-8(6-7)10(14)16-11(15)13-9/h3-4,6H,5H2,(H,13,15). The highest BCUT2D eigenvalue weighted by atomic mass is 79.9. The second kappa shape index (κ2) is 4.37. The molecule has 0 aliphatic rings. The highest BCUT2D eigenvalue weighted by Gasteiger charge is 2.02. The van der Waals surface area contributed by atoms with Gasteiger partial charge in [-0.25, -0.2) is 9.59 Å². The van der Waals surface area contributed by atoms with Gasteiger partial charge < -0.3 is 4.42 Å². The lowest BCUT2D eigenvalue weighted by Gasteiger charge is -1.95. The van der Waals surface area contributed by atoms with E-state index in [1.54, 1.807) is 18.2 Å². The van der Waals surface area contributed by atoms with Gasteiger partial charge in [0.25, 0.3) is 0 Å². The summed E-state index contributed by atoms with van der Waals surface area (Å²) in [7, 11) is 0. The predicted octanol–water partition coefficient (Wildman–Crippen LogP) is 1.23. The van der Waals surface area contributed by atoms with Crippen LogP contribution in [-0.4, -0.2) is 10.3 Å². The van der Waals surface area contributed by atoms with Crippen molar-refractivity contribution >= 4 is 26.8 Å². The monoisotopic (exact) mass is 279 g/mol. The van der Waals surface area contributed by atoms with Crippen molar-refractivity contribution < 1.29 is 4.42 Å². The molecule has 0 spiro atoms. The lowest BCUT2D eigenvalue weighted by molar-refractivity contribution is 0.460. The zero-order valence-corrected chi connectivity index (χ0v) is 9.63. The maximum Gasteiger partial charge on any atom is 0.419 e. The van der Waals surface area contributed by atoms with Crippen molar-refractivity contribution in [2.75, 3.05) is 5.33 Å². The zero-order valence-electron chi connectivity index (χ0n) is 8.04. The summed E-state index contributed by atoms with van der Waals surface area (Å²) in [4.78, 5) is 24.7. The molecule has 0 amide bonds. The average molecular weight is 280 g/mol. The van der Waals surface area contributed by atoms with E-state index >= 15 is 0 Å². The molecule has 2 aromatic rings. The molecule has 0 bridgehead atoms. The van der Waals surface area contributed by atoms with E-state index in [4.69, 9.17) is 0 Å². The molecule has 0 aliphatic heterocycles. The molecule has 0 atom stereocenters. The third-order valence-corrected chi connectivity index (χ3v) is 2.24. The number of rotatable bonds is 0. The first-order valence-electron chi connectivity index (χ1n) is 4.43. The first-order valence-corrected chi connectivity index (χ1v) is 5.55. The third kappa shape index (κ3) is 2.07. The van der Waals surface area contributed by atoms with Gasteiger partial charge in [-0.2, -0.15) is 0 Å². The summed E-state index contributed by atoms with van der Waals surface area (Å²) < 4.78 is 4.43. The Hall–Kier alpha value is -1.80. The van der Waals surface area contributed by atoms with E-state index in [1.807, 2.05) is 0 Å². The van der Waals surface area contributed by atoms with Crippen molar-refractivity contribution in [1.82, 2.24) is 4.98 Å². The molecule has 1 heterocycles. The highest BCUT2D eigenvalue weighted by Crippen LogP contribution is 2.07. The van der Waals surface area contributed by atoms with Crippen molar-refractivity contribution in [1.29, 1.82) is 0 Å². The van der Waals surface area contributed by atoms with Gasteiger partial charge in [0.2, 0.25) is 0 Å². The van der Waals surface area contributed by atoms with E-state index in [2.05, 4.69) is 37.2 Å². The Morgan fingerprint density at radius 2 is 2.19 bits per heavy atom. The summed E-state index contributed by atoms with van der Waals surface area (Å²) in [6.45, 7) is 0. The van der Waals surface area contributed by atoms with Gasteiger partial charge in [0.1, 0.15) is 0 Å². The smallest absolute Gasteiger partial charge is 0.372 e. The number of H-pyrrole nitrogens is 1. The summed E-state index contributed by atoms with van der Waals surface area (Å²) in [5, 5.41) is 0.881. The molecule has 4 nitrogen and oxygen atoms in total. The number of aromatic nitrogens is 1. The van der Waals surface area contributed by atoms with Gasteiger partial charge in [-0.15, -0.1) is 0 Å². The van der Waals surface area contributed by atoms with Crippen LogP contribution in [0.2, 0.25) is 0 Å². The average Bonchev–Trinajstić information content (AvgIpc) is 2.26. The van der Waals surface area contributed by atoms with Crippen LogP contribution in [-0.2, 0) is 0 Å². The molecule has 1 aromatic carbocycles. The molecular weight excluding hydrogens is 274 g/mol. The molecule has 0 aliphatic carbocycles. The molecule has 0 unspecified atom stereocenters. The van der Waals surface area contributed by atoms with E-state index < -0.39 is 11.4 Å². The fourth-order valence-corrected chi connectivity index (χ4v) is 1.45. The van der Waals surface area contributed by atoms with Gasteiger partial charge in [-0.1, -0.05) is 27.8 Å². The van der Waals surface area contributed by atoms with Crippen molar-refractivity contribution in [3.8, 4) is 11.8 Å². The van der Waals surface area contributed by atoms with Crippen molar-refractivity contribution in [3.05, 3.63) is 44.7 Å². The van der Waals surface area contributed by atoms with Crippen molar-refractivity contribution in [2.45, 2.75) is 0 Å². The number of benzene rings is 1. The Morgan fingerprint density at radius 3 is 2.94 bits per heavy atom. The van der Waals surface area contributed by atoms with Gasteiger partial charge in [-0.05, 0) is 18.2 Å². The van der Waals surface area contributed by atoms with Gasteiger partial charge in [0, 0.05) is 5.56 Å². The largest absolute Gasteiger partial charge is 0.419 e. The van der Waals surface area contributed by atoms with E-state index in [-0.39, 0.29) is 0 Å². The van der Waals surface area contributed by atoms with E-state index in [9.17, 15) is 9.59 Å². The summed E-state index contributed by atoms with van der Waals surface area (Å²) in [5.41, 5.74) is 0.498. The van der Waals surface area contributed by atoms with Crippen molar-refractivity contribution in [3.63, 3.8) is 0 Å². The van der Waals surface area contributed by atoms with E-state index in [0.29, 0.717) is 21.8 Å². The van der Waals surface area contributed by atoms with Gasteiger partial charge in [0.05, 0.1) is 16.2 Å². The molecule has 80 valence electrons. The van der Waals surface area contributed by atoms with Crippen molar-refractivity contribution in [2.24, 2.45) is 0 Å². The molecule has 1 aromatic heterocycles.